The summed E-state index contributed by atoms with van der Waals surface area (Å²) in [6.45, 7) is 4.51. The minimum absolute atomic E-state index is 0.0166. The highest BCUT2D eigenvalue weighted by atomic mass is 32.2. The molecule has 1 aliphatic rings. The number of carbonyl (C=O) groups excluding carboxylic acids is 1. The molecule has 2 aromatic carbocycles. The van der Waals surface area contributed by atoms with Crippen LogP contribution < -0.4 is 4.74 Å². The molecule has 0 spiro atoms. The molecule has 0 atom stereocenters. The molecule has 0 heterocycles. The van der Waals surface area contributed by atoms with Crippen molar-refractivity contribution in [2.75, 3.05) is 20.2 Å². The molecule has 1 fully saturated rings. The first-order chi connectivity index (χ1) is 14.3. The number of methoxy groups -OCH3 is 1. The number of hydrogen-bond acceptors (Lipinski definition) is 4. The van der Waals surface area contributed by atoms with E-state index in [1.165, 1.54) is 35.7 Å². The second-order valence-corrected chi connectivity index (χ2v) is 9.15. The predicted molar refractivity (Wildman–Crippen MR) is 112 cm³/mol. The molecule has 1 saturated carbocycles. The molecule has 0 bridgehead atoms. The number of sulfonamides is 1. The summed E-state index contributed by atoms with van der Waals surface area (Å²) in [6.07, 6.45) is 1.79. The zero-order valence-electron chi connectivity index (χ0n) is 17.5. The molecule has 162 valence electrons. The van der Waals surface area contributed by atoms with Crippen LogP contribution >= 0.6 is 0 Å². The van der Waals surface area contributed by atoms with Crippen LogP contribution in [0.4, 0.5) is 4.39 Å². The number of nitrogens with zero attached hydrogens (tertiary/aromatic N) is 2. The van der Waals surface area contributed by atoms with Crippen LogP contribution in [0.5, 0.6) is 5.75 Å². The van der Waals surface area contributed by atoms with Gasteiger partial charge in [0.15, 0.2) is 0 Å². The Labute approximate surface area is 177 Å². The second kappa shape index (κ2) is 9.14. The third kappa shape index (κ3) is 4.65. The highest BCUT2D eigenvalue weighted by Crippen LogP contribution is 2.32. The molecule has 0 radical (unpaired) electrons. The molecule has 6 nitrogen and oxygen atoms in total. The summed E-state index contributed by atoms with van der Waals surface area (Å²) in [5, 5.41) is 0. The summed E-state index contributed by atoms with van der Waals surface area (Å²) in [4.78, 5) is 15.0. The van der Waals surface area contributed by atoms with Crippen molar-refractivity contribution >= 4 is 15.9 Å². The van der Waals surface area contributed by atoms with Gasteiger partial charge in [0.1, 0.15) is 16.5 Å². The van der Waals surface area contributed by atoms with Crippen LogP contribution in [0.25, 0.3) is 0 Å². The Morgan fingerprint density at radius 1 is 1.10 bits per heavy atom. The molecule has 1 aliphatic carbocycles. The van der Waals surface area contributed by atoms with E-state index in [1.54, 1.807) is 36.9 Å². The molecule has 1 amide bonds. The van der Waals surface area contributed by atoms with E-state index in [0.29, 0.717) is 19.6 Å². The lowest BCUT2D eigenvalue weighted by atomic mass is 10.1. The Hall–Kier alpha value is -2.45. The van der Waals surface area contributed by atoms with Gasteiger partial charge < -0.3 is 9.64 Å². The van der Waals surface area contributed by atoms with Crippen LogP contribution in [0.3, 0.4) is 0 Å². The predicted octanol–water partition coefficient (Wildman–Crippen LogP) is 3.67. The molecule has 8 heteroatoms. The van der Waals surface area contributed by atoms with E-state index in [1.807, 2.05) is 0 Å². The van der Waals surface area contributed by atoms with Gasteiger partial charge >= 0.3 is 0 Å². The maximum absolute atomic E-state index is 13.3. The van der Waals surface area contributed by atoms with Crippen molar-refractivity contribution in [3.63, 3.8) is 0 Å². The van der Waals surface area contributed by atoms with E-state index >= 15 is 0 Å². The topological polar surface area (TPSA) is 66.9 Å². The first-order valence-electron chi connectivity index (χ1n) is 10.0. The summed E-state index contributed by atoms with van der Waals surface area (Å²) in [5.41, 5.74) is 1.11. The summed E-state index contributed by atoms with van der Waals surface area (Å²) < 4.78 is 46.0. The van der Waals surface area contributed by atoms with Crippen molar-refractivity contribution in [1.82, 2.24) is 9.21 Å². The van der Waals surface area contributed by atoms with Gasteiger partial charge in [-0.25, -0.2) is 12.8 Å². The third-order valence-corrected chi connectivity index (χ3v) is 7.32. The highest BCUT2D eigenvalue weighted by Gasteiger charge is 2.34. The average Bonchev–Trinajstić information content (AvgIpc) is 3.58. The van der Waals surface area contributed by atoms with Crippen LogP contribution in [-0.4, -0.2) is 49.8 Å². The fraction of sp³-hybridized carbons (Fsp3) is 0.409. The van der Waals surface area contributed by atoms with E-state index < -0.39 is 10.0 Å². The van der Waals surface area contributed by atoms with Crippen LogP contribution in [0.2, 0.25) is 0 Å². The Kier molecular flexibility index (Phi) is 6.77. The lowest BCUT2D eigenvalue weighted by molar-refractivity contribution is 0.0729. The number of amides is 1. The van der Waals surface area contributed by atoms with Crippen molar-refractivity contribution in [1.29, 1.82) is 0 Å². The number of carbonyl (C=O) groups is 1. The molecule has 0 aliphatic heterocycles. The molecule has 0 aromatic heterocycles. The molecule has 0 saturated heterocycles. The molecule has 0 unspecified atom stereocenters. The van der Waals surface area contributed by atoms with Crippen molar-refractivity contribution in [2.45, 2.75) is 44.2 Å². The Morgan fingerprint density at radius 3 is 2.27 bits per heavy atom. The summed E-state index contributed by atoms with van der Waals surface area (Å²) in [6, 6.07) is 10.7. The Bertz CT molecular complexity index is 1000. The van der Waals surface area contributed by atoms with E-state index in [2.05, 4.69) is 0 Å². The van der Waals surface area contributed by atoms with Crippen LogP contribution in [0, 0.1) is 5.82 Å². The number of rotatable bonds is 9. The van der Waals surface area contributed by atoms with Crippen molar-refractivity contribution in [3.8, 4) is 5.75 Å². The fourth-order valence-corrected chi connectivity index (χ4v) is 5.06. The SMILES string of the molecule is CCN(CC)S(=O)(=O)c1cc(C(=O)N(Cc2ccc(F)cc2)C2CC2)ccc1OC. The summed E-state index contributed by atoms with van der Waals surface area (Å²) >= 11 is 0. The normalized spacial score (nSPS) is 14.0. The van der Waals surface area contributed by atoms with E-state index in [4.69, 9.17) is 4.74 Å². The number of hydrogen-bond donors (Lipinski definition) is 0. The number of benzene rings is 2. The van der Waals surface area contributed by atoms with Gasteiger partial charge in [-0.3, -0.25) is 4.79 Å². The van der Waals surface area contributed by atoms with Gasteiger partial charge in [0.2, 0.25) is 10.0 Å². The zero-order chi connectivity index (χ0) is 21.9. The third-order valence-electron chi connectivity index (χ3n) is 5.25. The highest BCUT2D eigenvalue weighted by molar-refractivity contribution is 7.89. The average molecular weight is 435 g/mol. The van der Waals surface area contributed by atoms with Gasteiger partial charge in [0.05, 0.1) is 7.11 Å². The van der Waals surface area contributed by atoms with Gasteiger partial charge in [0, 0.05) is 31.2 Å². The number of ether oxygens (including phenoxy) is 1. The monoisotopic (exact) mass is 434 g/mol. The quantitative estimate of drug-likeness (QED) is 0.604. The van der Waals surface area contributed by atoms with Crippen molar-refractivity contribution in [3.05, 3.63) is 59.4 Å². The zero-order valence-corrected chi connectivity index (χ0v) is 18.3. The first-order valence-corrected chi connectivity index (χ1v) is 11.5. The molecule has 3 rings (SSSR count). The van der Waals surface area contributed by atoms with Crippen LogP contribution in [0.1, 0.15) is 42.6 Å². The molecule has 30 heavy (non-hydrogen) atoms. The maximum Gasteiger partial charge on any atom is 0.254 e. The standard InChI is InChI=1S/C22H27FN2O4S/c1-4-24(5-2)30(27,28)21-14-17(8-13-20(21)29-3)22(26)25(19-11-12-19)15-16-6-9-18(23)10-7-16/h6-10,13-14,19H,4-5,11-12,15H2,1-3H3. The van der Waals surface area contributed by atoms with Gasteiger partial charge in [0.25, 0.3) is 5.91 Å². The van der Waals surface area contributed by atoms with E-state index in [0.717, 1.165) is 18.4 Å². The van der Waals surface area contributed by atoms with Crippen molar-refractivity contribution in [2.24, 2.45) is 0 Å². The Balaban J connectivity index is 1.95. The molecular weight excluding hydrogens is 407 g/mol. The van der Waals surface area contributed by atoms with Crippen molar-refractivity contribution < 1.29 is 22.3 Å². The summed E-state index contributed by atoms with van der Waals surface area (Å²) in [7, 11) is -2.39. The fourth-order valence-electron chi connectivity index (χ4n) is 3.42. The Morgan fingerprint density at radius 2 is 1.73 bits per heavy atom. The molecule has 2 aromatic rings. The summed E-state index contributed by atoms with van der Waals surface area (Å²) in [5.74, 6) is -0.375. The maximum atomic E-state index is 13.3. The lowest BCUT2D eigenvalue weighted by Gasteiger charge is -2.24. The first kappa shape index (κ1) is 22.2. The van der Waals surface area contributed by atoms with Gasteiger partial charge in [-0.2, -0.15) is 4.31 Å². The van der Waals surface area contributed by atoms with E-state index in [-0.39, 0.29) is 34.0 Å². The largest absolute Gasteiger partial charge is 0.495 e. The van der Waals surface area contributed by atoms with Gasteiger partial charge in [-0.15, -0.1) is 0 Å². The van der Waals surface area contributed by atoms with Gasteiger partial charge in [-0.05, 0) is 48.7 Å². The van der Waals surface area contributed by atoms with E-state index in [9.17, 15) is 17.6 Å². The molecule has 0 N–H and O–H groups in total. The minimum Gasteiger partial charge on any atom is -0.495 e. The van der Waals surface area contributed by atoms with Gasteiger partial charge in [-0.1, -0.05) is 26.0 Å². The number of halogens is 1. The van der Waals surface area contributed by atoms with Crippen LogP contribution in [0.15, 0.2) is 47.4 Å². The second-order valence-electron chi connectivity index (χ2n) is 7.25. The lowest BCUT2D eigenvalue weighted by Crippen LogP contribution is -2.33. The van der Waals surface area contributed by atoms with Crippen LogP contribution in [-0.2, 0) is 16.6 Å². The smallest absolute Gasteiger partial charge is 0.254 e. The minimum atomic E-state index is -3.80. The molecular formula is C22H27FN2O4S.